The third-order valence-electron chi connectivity index (χ3n) is 3.47. The third-order valence-corrected chi connectivity index (χ3v) is 34.7. The average molecular weight is 403 g/mol. The molecule has 0 aliphatic carbocycles. The summed E-state index contributed by atoms with van der Waals surface area (Å²) >= 11 is 15.5. The van der Waals surface area contributed by atoms with Gasteiger partial charge in [-0.05, 0) is 19.4 Å². The Morgan fingerprint density at radius 1 is 0.864 bits per heavy atom. The van der Waals surface area contributed by atoms with Crippen molar-refractivity contribution in [1.29, 1.82) is 0 Å². The highest BCUT2D eigenvalue weighted by atomic mass is 33.7. The van der Waals surface area contributed by atoms with Crippen LogP contribution in [0.4, 0.5) is 0 Å². The van der Waals surface area contributed by atoms with Crippen LogP contribution in [0, 0.1) is 6.92 Å². The van der Waals surface area contributed by atoms with Crippen LogP contribution < -0.4 is 10.6 Å². The zero-order chi connectivity index (χ0) is 16.0. The molecule has 1 nitrogen and oxygen atoms in total. The van der Waals surface area contributed by atoms with E-state index in [0.29, 0.717) is 0 Å². The van der Waals surface area contributed by atoms with Gasteiger partial charge in [-0.25, -0.2) is 0 Å². The summed E-state index contributed by atoms with van der Waals surface area (Å²) in [6.45, 7) is 3.87. The molecule has 0 radical (unpaired) electrons. The highest BCUT2D eigenvalue weighted by Gasteiger charge is 2.45. The second-order valence-corrected chi connectivity index (χ2v) is 26.5. The summed E-state index contributed by atoms with van der Waals surface area (Å²) in [5, 5.41) is 12.1. The molecule has 1 unspecified atom stereocenters. The molecule has 0 bridgehead atoms. The van der Waals surface area contributed by atoms with E-state index in [1.54, 1.807) is 6.92 Å². The summed E-state index contributed by atoms with van der Waals surface area (Å²) in [5.41, 5.74) is 2.19. The standard InChI is InChI=1S/C15H16OP2S4/c1-11-3-7-14(8-4-11)17(19)21-18(20,22-17)15-9-5-13(6-10-15)12(2)16/h3-10,12,16H,1-2H3. The number of benzene rings is 2. The van der Waals surface area contributed by atoms with Crippen LogP contribution in [0.25, 0.3) is 0 Å². The lowest BCUT2D eigenvalue weighted by molar-refractivity contribution is 0.199. The molecule has 1 fully saturated rings. The molecule has 1 saturated heterocycles. The van der Waals surface area contributed by atoms with Gasteiger partial charge in [-0.1, -0.05) is 99.7 Å². The van der Waals surface area contributed by atoms with Gasteiger partial charge in [-0.15, -0.1) is 0 Å². The minimum absolute atomic E-state index is 0.437. The number of aliphatic hydroxyl groups is 1. The van der Waals surface area contributed by atoms with E-state index in [2.05, 4.69) is 43.3 Å². The summed E-state index contributed by atoms with van der Waals surface area (Å²) in [6, 6.07) is 16.7. The smallest absolute Gasteiger partial charge is 0.0965 e. The van der Waals surface area contributed by atoms with E-state index in [-0.39, 0.29) is 0 Å². The van der Waals surface area contributed by atoms with Crippen molar-refractivity contribution in [2.75, 3.05) is 0 Å². The number of rotatable bonds is 3. The molecule has 116 valence electrons. The quantitative estimate of drug-likeness (QED) is 0.719. The highest BCUT2D eigenvalue weighted by molar-refractivity contribution is 9.48. The Morgan fingerprint density at radius 2 is 1.27 bits per heavy atom. The lowest BCUT2D eigenvalue weighted by Gasteiger charge is -2.40. The second-order valence-electron chi connectivity index (χ2n) is 5.26. The lowest BCUT2D eigenvalue weighted by Crippen LogP contribution is -2.09. The molecule has 0 amide bonds. The number of hydrogen-bond acceptors (Lipinski definition) is 5. The van der Waals surface area contributed by atoms with Gasteiger partial charge in [-0.3, -0.25) is 0 Å². The molecule has 0 aromatic heterocycles. The van der Waals surface area contributed by atoms with Crippen LogP contribution in [0.5, 0.6) is 0 Å². The topological polar surface area (TPSA) is 20.2 Å². The van der Waals surface area contributed by atoms with Crippen LogP contribution in [0.3, 0.4) is 0 Å². The molecule has 1 N–H and O–H groups in total. The Kier molecular flexibility index (Phi) is 4.99. The fourth-order valence-electron chi connectivity index (χ4n) is 2.14. The van der Waals surface area contributed by atoms with Crippen molar-refractivity contribution < 1.29 is 5.11 Å². The Labute approximate surface area is 149 Å². The van der Waals surface area contributed by atoms with Gasteiger partial charge in [0.2, 0.25) is 0 Å². The molecule has 3 rings (SSSR count). The second kappa shape index (κ2) is 6.37. The van der Waals surface area contributed by atoms with Gasteiger partial charge < -0.3 is 5.11 Å². The first-order chi connectivity index (χ1) is 10.3. The monoisotopic (exact) mass is 402 g/mol. The highest BCUT2D eigenvalue weighted by Crippen LogP contribution is 3.04. The minimum Gasteiger partial charge on any atom is -0.389 e. The number of aliphatic hydroxyl groups excluding tert-OH is 1. The molecular weight excluding hydrogens is 386 g/mol. The molecule has 1 aliphatic heterocycles. The molecule has 0 saturated carbocycles. The van der Waals surface area contributed by atoms with Crippen LogP contribution in [-0.4, -0.2) is 5.11 Å². The van der Waals surface area contributed by atoms with Crippen molar-refractivity contribution in [2.24, 2.45) is 0 Å². The Hall–Kier alpha value is 0.400. The predicted molar refractivity (Wildman–Crippen MR) is 111 cm³/mol. The van der Waals surface area contributed by atoms with Gasteiger partial charge in [0.15, 0.2) is 0 Å². The van der Waals surface area contributed by atoms with Crippen LogP contribution in [0.1, 0.15) is 24.2 Å². The summed E-state index contributed by atoms with van der Waals surface area (Å²) < 4.78 is -3.28. The molecule has 22 heavy (non-hydrogen) atoms. The Balaban J connectivity index is 1.82. The normalized spacial score (nSPS) is 28.9. The van der Waals surface area contributed by atoms with Gasteiger partial charge >= 0.3 is 0 Å². The van der Waals surface area contributed by atoms with E-state index in [9.17, 15) is 5.11 Å². The maximum absolute atomic E-state index is 9.60. The first-order valence-electron chi connectivity index (χ1n) is 6.81. The van der Waals surface area contributed by atoms with Crippen molar-refractivity contribution in [3.63, 3.8) is 0 Å². The number of hydrogen-bond donors (Lipinski definition) is 1. The summed E-state index contributed by atoms with van der Waals surface area (Å²) in [4.78, 5) is 0. The predicted octanol–water partition coefficient (Wildman–Crippen LogP) is 5.10. The van der Waals surface area contributed by atoms with Crippen molar-refractivity contribution in [1.82, 2.24) is 0 Å². The zero-order valence-electron chi connectivity index (χ0n) is 12.2. The Bertz CT molecular complexity index is 770. The molecule has 1 aliphatic rings. The van der Waals surface area contributed by atoms with E-state index >= 15 is 0 Å². The van der Waals surface area contributed by atoms with Gasteiger partial charge in [-0.2, -0.15) is 0 Å². The lowest BCUT2D eigenvalue weighted by atomic mass is 10.1. The summed E-state index contributed by atoms with van der Waals surface area (Å²) in [5.74, 6) is 0. The van der Waals surface area contributed by atoms with Crippen molar-refractivity contribution in [3.8, 4) is 0 Å². The van der Waals surface area contributed by atoms with Crippen LogP contribution in [0.2, 0.25) is 0 Å². The molecule has 0 spiro atoms. The van der Waals surface area contributed by atoms with Crippen molar-refractivity contribution >= 4 is 65.1 Å². The first kappa shape index (κ1) is 17.2. The maximum atomic E-state index is 9.60. The van der Waals surface area contributed by atoms with Gasteiger partial charge in [0, 0.05) is 10.6 Å². The molecule has 7 heteroatoms. The van der Waals surface area contributed by atoms with Crippen LogP contribution >= 0.6 is 30.9 Å². The summed E-state index contributed by atoms with van der Waals surface area (Å²) in [7, 11) is 0. The fraction of sp³-hybridized carbons (Fsp3) is 0.200. The van der Waals surface area contributed by atoms with E-state index in [1.165, 1.54) is 16.2 Å². The van der Waals surface area contributed by atoms with Gasteiger partial charge in [0.25, 0.3) is 0 Å². The average Bonchev–Trinajstić information content (AvgIpc) is 2.46. The van der Waals surface area contributed by atoms with E-state index in [0.717, 1.165) is 5.56 Å². The molecule has 2 aromatic rings. The number of aryl methyl sites for hydroxylation is 1. The van der Waals surface area contributed by atoms with Crippen LogP contribution in [0.15, 0.2) is 48.5 Å². The zero-order valence-corrected chi connectivity index (χ0v) is 17.2. The van der Waals surface area contributed by atoms with Crippen molar-refractivity contribution in [2.45, 2.75) is 20.0 Å². The van der Waals surface area contributed by atoms with Crippen LogP contribution in [-0.2, 0) is 23.6 Å². The van der Waals surface area contributed by atoms with E-state index in [1.807, 2.05) is 34.1 Å². The molecule has 1 atom stereocenters. The third kappa shape index (κ3) is 3.28. The Morgan fingerprint density at radius 3 is 1.68 bits per heavy atom. The molecule has 1 heterocycles. The van der Waals surface area contributed by atoms with E-state index < -0.39 is 15.0 Å². The first-order valence-corrected chi connectivity index (χ1v) is 16.5. The van der Waals surface area contributed by atoms with Crippen molar-refractivity contribution in [3.05, 3.63) is 59.7 Å². The molecular formula is C15H16OP2S4. The van der Waals surface area contributed by atoms with E-state index in [4.69, 9.17) is 23.6 Å². The summed E-state index contributed by atoms with van der Waals surface area (Å²) in [6.07, 6.45) is -0.437. The fourth-order valence-corrected chi connectivity index (χ4v) is 44.4. The van der Waals surface area contributed by atoms with Gasteiger partial charge in [0.05, 0.1) is 15.0 Å². The maximum Gasteiger partial charge on any atom is 0.0965 e. The van der Waals surface area contributed by atoms with Gasteiger partial charge in [0.1, 0.15) is 0 Å². The minimum atomic E-state index is -1.66. The SMILES string of the molecule is Cc1ccc(P2(=S)SP(=S)(c3ccc(C(C)O)cc3)S2)cc1. The largest absolute Gasteiger partial charge is 0.389 e. The molecule has 2 aromatic carbocycles.